The normalized spacial score (nSPS) is 22.1. The molecule has 3 rings (SSSR count). The van der Waals surface area contributed by atoms with E-state index in [4.69, 9.17) is 15.2 Å². The molecule has 0 radical (unpaired) electrons. The van der Waals surface area contributed by atoms with E-state index in [1.54, 1.807) is 0 Å². The Labute approximate surface area is 102 Å². The minimum atomic E-state index is 0.180. The summed E-state index contributed by atoms with van der Waals surface area (Å²) in [5.74, 6) is 1.79. The number of benzene rings is 1. The van der Waals surface area contributed by atoms with Crippen molar-refractivity contribution in [2.24, 2.45) is 5.73 Å². The van der Waals surface area contributed by atoms with E-state index < -0.39 is 0 Å². The monoisotopic (exact) mass is 233 g/mol. The molecule has 1 fully saturated rings. The molecule has 1 unspecified atom stereocenters. The van der Waals surface area contributed by atoms with Crippen LogP contribution in [0.15, 0.2) is 12.1 Å². The first-order chi connectivity index (χ1) is 8.15. The molecule has 2 aliphatic rings. The summed E-state index contributed by atoms with van der Waals surface area (Å²) in [4.78, 5) is 0. The van der Waals surface area contributed by atoms with Crippen molar-refractivity contribution in [1.82, 2.24) is 0 Å². The first-order valence-electron chi connectivity index (χ1n) is 6.30. The van der Waals surface area contributed by atoms with E-state index in [2.05, 4.69) is 19.9 Å². The fourth-order valence-corrected chi connectivity index (χ4v) is 2.90. The van der Waals surface area contributed by atoms with Crippen LogP contribution in [0.5, 0.6) is 11.5 Å². The quantitative estimate of drug-likeness (QED) is 0.851. The average molecular weight is 233 g/mol. The minimum absolute atomic E-state index is 0.180. The van der Waals surface area contributed by atoms with Gasteiger partial charge < -0.3 is 15.2 Å². The largest absolute Gasteiger partial charge is 0.486 e. The summed E-state index contributed by atoms with van der Waals surface area (Å²) in [7, 11) is 0. The van der Waals surface area contributed by atoms with E-state index in [-0.39, 0.29) is 11.5 Å². The molecule has 3 heteroatoms. The number of ether oxygens (including phenoxy) is 2. The lowest BCUT2D eigenvalue weighted by Crippen LogP contribution is -2.32. The van der Waals surface area contributed by atoms with Crippen LogP contribution in [0, 0.1) is 6.92 Å². The zero-order valence-electron chi connectivity index (χ0n) is 10.5. The Morgan fingerprint density at radius 1 is 1.24 bits per heavy atom. The van der Waals surface area contributed by atoms with E-state index in [1.807, 2.05) is 6.07 Å². The molecule has 1 aliphatic carbocycles. The van der Waals surface area contributed by atoms with Gasteiger partial charge in [-0.3, -0.25) is 0 Å². The molecule has 1 heterocycles. The number of fused-ring (bicyclic) bond motifs is 1. The predicted molar refractivity (Wildman–Crippen MR) is 66.7 cm³/mol. The summed E-state index contributed by atoms with van der Waals surface area (Å²) in [6.07, 6.45) is 2.37. The van der Waals surface area contributed by atoms with Crippen molar-refractivity contribution in [1.29, 1.82) is 0 Å². The van der Waals surface area contributed by atoms with E-state index >= 15 is 0 Å². The molecule has 92 valence electrons. The molecule has 1 aromatic rings. The van der Waals surface area contributed by atoms with Crippen LogP contribution in [0.25, 0.3) is 0 Å². The maximum absolute atomic E-state index is 6.14. The van der Waals surface area contributed by atoms with Crippen molar-refractivity contribution in [3.05, 3.63) is 23.3 Å². The fourth-order valence-electron chi connectivity index (χ4n) is 2.90. The second-order valence-corrected chi connectivity index (χ2v) is 5.21. The summed E-state index contributed by atoms with van der Waals surface area (Å²) < 4.78 is 11.3. The highest BCUT2D eigenvalue weighted by Gasteiger charge is 2.48. The Kier molecular flexibility index (Phi) is 2.33. The van der Waals surface area contributed by atoms with Crippen LogP contribution in [-0.2, 0) is 5.41 Å². The molecule has 1 atom stereocenters. The standard InChI is InChI=1S/C14H19NO2/c1-9-11(14(5-6-14)10(2)15)3-4-12-13(9)17-8-7-16-12/h3-4,10H,5-8,15H2,1-2H3. The zero-order chi connectivity index (χ0) is 12.0. The molecule has 1 aliphatic heterocycles. The number of rotatable bonds is 2. The molecule has 0 amide bonds. The van der Waals surface area contributed by atoms with Gasteiger partial charge in [0, 0.05) is 11.5 Å². The maximum Gasteiger partial charge on any atom is 0.164 e. The Morgan fingerprint density at radius 3 is 2.59 bits per heavy atom. The van der Waals surface area contributed by atoms with Crippen molar-refractivity contribution < 1.29 is 9.47 Å². The first-order valence-corrected chi connectivity index (χ1v) is 6.30. The molecule has 1 saturated carbocycles. The lowest BCUT2D eigenvalue weighted by Gasteiger charge is -2.27. The Morgan fingerprint density at radius 2 is 1.94 bits per heavy atom. The highest BCUT2D eigenvalue weighted by atomic mass is 16.6. The van der Waals surface area contributed by atoms with Gasteiger partial charge in [-0.1, -0.05) is 6.07 Å². The molecule has 0 spiro atoms. The highest BCUT2D eigenvalue weighted by Crippen LogP contribution is 2.53. The van der Waals surface area contributed by atoms with Gasteiger partial charge in [0.1, 0.15) is 13.2 Å². The SMILES string of the molecule is Cc1c(C2(C(C)N)CC2)ccc2c1OCCO2. The fraction of sp³-hybridized carbons (Fsp3) is 0.571. The third-order valence-electron chi connectivity index (χ3n) is 4.15. The van der Waals surface area contributed by atoms with Crippen LogP contribution in [0.4, 0.5) is 0 Å². The first kappa shape index (κ1) is 10.9. The van der Waals surface area contributed by atoms with Gasteiger partial charge in [-0.05, 0) is 43.9 Å². The van der Waals surface area contributed by atoms with Gasteiger partial charge in [0.2, 0.25) is 0 Å². The molecule has 2 N–H and O–H groups in total. The van der Waals surface area contributed by atoms with Crippen LogP contribution < -0.4 is 15.2 Å². The van der Waals surface area contributed by atoms with Crippen LogP contribution in [-0.4, -0.2) is 19.3 Å². The topological polar surface area (TPSA) is 44.5 Å². The summed E-state index contributed by atoms with van der Waals surface area (Å²) in [5.41, 5.74) is 8.87. The molecule has 0 bridgehead atoms. The molecule has 17 heavy (non-hydrogen) atoms. The van der Waals surface area contributed by atoms with Crippen LogP contribution in [0.3, 0.4) is 0 Å². The van der Waals surface area contributed by atoms with Crippen molar-refractivity contribution in [2.45, 2.75) is 38.1 Å². The van der Waals surface area contributed by atoms with Gasteiger partial charge in [-0.2, -0.15) is 0 Å². The smallest absolute Gasteiger partial charge is 0.164 e. The van der Waals surface area contributed by atoms with Crippen LogP contribution in [0.1, 0.15) is 30.9 Å². The van der Waals surface area contributed by atoms with Crippen molar-refractivity contribution in [3.8, 4) is 11.5 Å². The summed E-state index contributed by atoms with van der Waals surface area (Å²) in [6.45, 7) is 5.50. The van der Waals surface area contributed by atoms with Crippen LogP contribution >= 0.6 is 0 Å². The molecular formula is C14H19NO2. The summed E-state index contributed by atoms with van der Waals surface area (Å²) in [6, 6.07) is 4.39. The Hall–Kier alpha value is -1.22. The number of hydrogen-bond acceptors (Lipinski definition) is 3. The summed E-state index contributed by atoms with van der Waals surface area (Å²) in [5, 5.41) is 0. The predicted octanol–water partition coefficient (Wildman–Crippen LogP) is 2.15. The van der Waals surface area contributed by atoms with E-state index in [1.165, 1.54) is 24.0 Å². The van der Waals surface area contributed by atoms with E-state index in [0.29, 0.717) is 13.2 Å². The van der Waals surface area contributed by atoms with E-state index in [9.17, 15) is 0 Å². The Bertz CT molecular complexity index is 450. The van der Waals surface area contributed by atoms with Gasteiger partial charge in [0.15, 0.2) is 11.5 Å². The second kappa shape index (κ2) is 3.64. The molecule has 3 nitrogen and oxygen atoms in total. The van der Waals surface area contributed by atoms with Gasteiger partial charge in [0.25, 0.3) is 0 Å². The number of hydrogen-bond donors (Lipinski definition) is 1. The minimum Gasteiger partial charge on any atom is -0.486 e. The lowest BCUT2D eigenvalue weighted by atomic mass is 9.86. The maximum atomic E-state index is 6.14. The van der Waals surface area contributed by atoms with E-state index in [0.717, 1.165) is 11.5 Å². The molecular weight excluding hydrogens is 214 g/mol. The molecule has 1 aromatic carbocycles. The third-order valence-corrected chi connectivity index (χ3v) is 4.15. The van der Waals surface area contributed by atoms with Crippen LogP contribution in [0.2, 0.25) is 0 Å². The zero-order valence-corrected chi connectivity index (χ0v) is 10.5. The Balaban J connectivity index is 2.07. The third kappa shape index (κ3) is 1.53. The lowest BCUT2D eigenvalue weighted by molar-refractivity contribution is 0.170. The second-order valence-electron chi connectivity index (χ2n) is 5.21. The van der Waals surface area contributed by atoms with Gasteiger partial charge >= 0.3 is 0 Å². The van der Waals surface area contributed by atoms with Crippen molar-refractivity contribution in [3.63, 3.8) is 0 Å². The summed E-state index contributed by atoms with van der Waals surface area (Å²) >= 11 is 0. The van der Waals surface area contributed by atoms with Crippen molar-refractivity contribution >= 4 is 0 Å². The average Bonchev–Trinajstić information content (AvgIpc) is 3.11. The molecule has 0 saturated heterocycles. The van der Waals surface area contributed by atoms with Gasteiger partial charge in [-0.15, -0.1) is 0 Å². The van der Waals surface area contributed by atoms with Crippen molar-refractivity contribution in [2.75, 3.05) is 13.2 Å². The highest BCUT2D eigenvalue weighted by molar-refractivity contribution is 5.54. The number of nitrogens with two attached hydrogens (primary N) is 1. The molecule has 0 aromatic heterocycles. The van der Waals surface area contributed by atoms with Gasteiger partial charge in [0.05, 0.1) is 0 Å². The van der Waals surface area contributed by atoms with Gasteiger partial charge in [-0.25, -0.2) is 0 Å².